The van der Waals surface area contributed by atoms with E-state index in [9.17, 15) is 9.18 Å². The van der Waals surface area contributed by atoms with E-state index < -0.39 is 11.9 Å². The van der Waals surface area contributed by atoms with E-state index in [0.717, 1.165) is 0 Å². The molecule has 5 heteroatoms. The van der Waals surface area contributed by atoms with Crippen molar-refractivity contribution in [2.75, 3.05) is 11.1 Å². The fourth-order valence-electron chi connectivity index (χ4n) is 1.44. The van der Waals surface area contributed by atoms with Crippen molar-refractivity contribution in [2.24, 2.45) is 0 Å². The van der Waals surface area contributed by atoms with Gasteiger partial charge in [-0.15, -0.1) is 0 Å². The van der Waals surface area contributed by atoms with Crippen LogP contribution in [-0.2, 0) is 4.79 Å². The van der Waals surface area contributed by atoms with Crippen LogP contribution in [0, 0.1) is 5.82 Å². The Morgan fingerprint density at radius 1 is 1.39 bits per heavy atom. The maximum atomic E-state index is 13.2. The first-order valence-electron chi connectivity index (χ1n) is 5.83. The average Bonchev–Trinajstić information content (AvgIpc) is 2.22. The van der Waals surface area contributed by atoms with Crippen LogP contribution in [0.3, 0.4) is 0 Å². The predicted octanol–water partition coefficient (Wildman–Crippen LogP) is 2.12. The molecule has 1 unspecified atom stereocenters. The van der Waals surface area contributed by atoms with Gasteiger partial charge in [-0.25, -0.2) is 4.39 Å². The van der Waals surface area contributed by atoms with Gasteiger partial charge in [0.1, 0.15) is 11.9 Å². The van der Waals surface area contributed by atoms with E-state index >= 15 is 0 Å². The van der Waals surface area contributed by atoms with Crippen molar-refractivity contribution < 1.29 is 9.18 Å². The lowest BCUT2D eigenvalue weighted by molar-refractivity contribution is -0.122. The molecule has 0 radical (unpaired) electrons. The molecule has 4 N–H and O–H groups in total. The number of para-hydroxylation sites is 1. The van der Waals surface area contributed by atoms with E-state index in [0.29, 0.717) is 5.69 Å². The highest BCUT2D eigenvalue weighted by molar-refractivity contribution is 5.86. The summed E-state index contributed by atoms with van der Waals surface area (Å²) in [6, 6.07) is 3.97. The van der Waals surface area contributed by atoms with Gasteiger partial charge in [0.2, 0.25) is 5.91 Å². The van der Waals surface area contributed by atoms with Crippen LogP contribution in [-0.4, -0.2) is 17.5 Å². The molecule has 1 aromatic carbocycles. The third kappa shape index (κ3) is 3.91. The topological polar surface area (TPSA) is 67.1 Å². The number of nitrogens with one attached hydrogen (secondary N) is 2. The van der Waals surface area contributed by atoms with Crippen molar-refractivity contribution in [2.45, 2.75) is 39.3 Å². The highest BCUT2D eigenvalue weighted by Crippen LogP contribution is 2.21. The highest BCUT2D eigenvalue weighted by Gasteiger charge is 2.19. The third-order valence-electron chi connectivity index (χ3n) is 2.32. The van der Waals surface area contributed by atoms with Gasteiger partial charge in [-0.2, -0.15) is 0 Å². The lowest BCUT2D eigenvalue weighted by Crippen LogP contribution is -2.47. The molecule has 0 heterocycles. The van der Waals surface area contributed by atoms with Crippen LogP contribution in [0.2, 0.25) is 0 Å². The Balaban J connectivity index is 2.73. The second-order valence-electron chi connectivity index (χ2n) is 5.31. The van der Waals surface area contributed by atoms with E-state index in [1.165, 1.54) is 6.07 Å². The molecule has 1 rings (SSSR count). The molecule has 1 aromatic rings. The van der Waals surface area contributed by atoms with Gasteiger partial charge in [0.15, 0.2) is 0 Å². The molecule has 0 spiro atoms. The summed E-state index contributed by atoms with van der Waals surface area (Å²) in [5, 5.41) is 5.73. The van der Waals surface area contributed by atoms with Crippen LogP contribution >= 0.6 is 0 Å². The minimum absolute atomic E-state index is 0.0212. The van der Waals surface area contributed by atoms with Crippen LogP contribution in [0.4, 0.5) is 15.8 Å². The zero-order chi connectivity index (χ0) is 13.9. The Labute approximate surface area is 107 Å². The molecular formula is C13H20FN3O. The summed E-state index contributed by atoms with van der Waals surface area (Å²) in [5.41, 5.74) is 5.73. The first kappa shape index (κ1) is 14.3. The van der Waals surface area contributed by atoms with Crippen LogP contribution < -0.4 is 16.4 Å². The number of nitrogen functional groups attached to an aromatic ring is 1. The van der Waals surface area contributed by atoms with Crippen LogP contribution in [0.25, 0.3) is 0 Å². The lowest BCUT2D eigenvalue weighted by atomic mass is 10.1. The summed E-state index contributed by atoms with van der Waals surface area (Å²) >= 11 is 0. The molecule has 0 bridgehead atoms. The smallest absolute Gasteiger partial charge is 0.242 e. The Morgan fingerprint density at radius 2 is 2.00 bits per heavy atom. The molecular weight excluding hydrogens is 233 g/mol. The Hall–Kier alpha value is -1.78. The fourth-order valence-corrected chi connectivity index (χ4v) is 1.44. The number of anilines is 2. The molecule has 100 valence electrons. The van der Waals surface area contributed by atoms with Crippen molar-refractivity contribution in [3.8, 4) is 0 Å². The molecule has 0 saturated carbocycles. The van der Waals surface area contributed by atoms with E-state index in [1.54, 1.807) is 19.1 Å². The quantitative estimate of drug-likeness (QED) is 0.723. The average molecular weight is 253 g/mol. The monoisotopic (exact) mass is 253 g/mol. The molecule has 0 fully saturated rings. The van der Waals surface area contributed by atoms with Gasteiger partial charge in [-0.3, -0.25) is 4.79 Å². The first-order valence-corrected chi connectivity index (χ1v) is 5.83. The molecule has 0 aliphatic carbocycles. The maximum Gasteiger partial charge on any atom is 0.242 e. The third-order valence-corrected chi connectivity index (χ3v) is 2.32. The van der Waals surface area contributed by atoms with Crippen LogP contribution in [0.1, 0.15) is 27.7 Å². The number of rotatable bonds is 3. The standard InChI is InChI=1S/C13H20FN3O/c1-8(12(18)17-13(2,3)4)16-10-7-5-6-9(14)11(10)15/h5-8,16H,15H2,1-4H3,(H,17,18). The van der Waals surface area contributed by atoms with E-state index in [2.05, 4.69) is 10.6 Å². The molecule has 4 nitrogen and oxygen atoms in total. The van der Waals surface area contributed by atoms with Gasteiger partial charge >= 0.3 is 0 Å². The number of amides is 1. The van der Waals surface area contributed by atoms with Crippen LogP contribution in [0.15, 0.2) is 18.2 Å². The number of halogens is 1. The summed E-state index contributed by atoms with van der Waals surface area (Å²) in [6.07, 6.45) is 0. The number of hydrogen-bond acceptors (Lipinski definition) is 3. The molecule has 0 saturated heterocycles. The minimum atomic E-state index is -0.497. The lowest BCUT2D eigenvalue weighted by Gasteiger charge is -2.24. The minimum Gasteiger partial charge on any atom is -0.395 e. The van der Waals surface area contributed by atoms with E-state index in [-0.39, 0.29) is 17.1 Å². The van der Waals surface area contributed by atoms with Crippen molar-refractivity contribution in [1.82, 2.24) is 5.32 Å². The molecule has 0 aromatic heterocycles. The van der Waals surface area contributed by atoms with Crippen LogP contribution in [0.5, 0.6) is 0 Å². The molecule has 1 atom stereocenters. The van der Waals surface area contributed by atoms with E-state index in [1.807, 2.05) is 20.8 Å². The van der Waals surface area contributed by atoms with Gasteiger partial charge in [-0.05, 0) is 39.8 Å². The summed E-state index contributed by atoms with van der Waals surface area (Å²) in [5.74, 6) is -0.658. The van der Waals surface area contributed by atoms with Gasteiger partial charge in [0, 0.05) is 5.54 Å². The molecule has 0 aliphatic rings. The Bertz CT molecular complexity index is 440. The van der Waals surface area contributed by atoms with Crippen molar-refractivity contribution in [3.05, 3.63) is 24.0 Å². The van der Waals surface area contributed by atoms with E-state index in [4.69, 9.17) is 5.73 Å². The maximum absolute atomic E-state index is 13.2. The fraction of sp³-hybridized carbons (Fsp3) is 0.462. The Kier molecular flexibility index (Phi) is 4.16. The summed E-state index contributed by atoms with van der Waals surface area (Å²) in [6.45, 7) is 7.39. The number of carbonyl (C=O) groups excluding carboxylic acids is 1. The number of carbonyl (C=O) groups is 1. The van der Waals surface area contributed by atoms with Gasteiger partial charge in [0.25, 0.3) is 0 Å². The summed E-state index contributed by atoms with van der Waals surface area (Å²) < 4.78 is 13.2. The molecule has 0 aliphatic heterocycles. The van der Waals surface area contributed by atoms with Gasteiger partial charge < -0.3 is 16.4 Å². The summed E-state index contributed by atoms with van der Waals surface area (Å²) in [4.78, 5) is 11.9. The van der Waals surface area contributed by atoms with Crippen molar-refractivity contribution in [3.63, 3.8) is 0 Å². The normalized spacial score (nSPS) is 12.9. The van der Waals surface area contributed by atoms with Gasteiger partial charge in [-0.1, -0.05) is 6.07 Å². The number of benzene rings is 1. The SMILES string of the molecule is CC(Nc1cccc(F)c1N)C(=O)NC(C)(C)C. The predicted molar refractivity (Wildman–Crippen MR) is 71.8 cm³/mol. The number of hydrogen-bond donors (Lipinski definition) is 3. The first-order chi connectivity index (χ1) is 8.20. The highest BCUT2D eigenvalue weighted by atomic mass is 19.1. The molecule has 18 heavy (non-hydrogen) atoms. The zero-order valence-corrected chi connectivity index (χ0v) is 11.2. The van der Waals surface area contributed by atoms with Crippen molar-refractivity contribution in [1.29, 1.82) is 0 Å². The number of nitrogens with two attached hydrogens (primary N) is 1. The Morgan fingerprint density at radius 3 is 2.56 bits per heavy atom. The summed E-state index contributed by atoms with van der Waals surface area (Å²) in [7, 11) is 0. The second-order valence-corrected chi connectivity index (χ2v) is 5.31. The second kappa shape index (κ2) is 5.25. The molecule has 1 amide bonds. The van der Waals surface area contributed by atoms with Gasteiger partial charge in [0.05, 0.1) is 11.4 Å². The largest absolute Gasteiger partial charge is 0.395 e. The zero-order valence-electron chi connectivity index (χ0n) is 11.2. The van der Waals surface area contributed by atoms with Crippen molar-refractivity contribution >= 4 is 17.3 Å².